The Morgan fingerprint density at radius 3 is 2.64 bits per heavy atom. The van der Waals surface area contributed by atoms with Gasteiger partial charge >= 0.3 is 6.09 Å². The van der Waals surface area contributed by atoms with Crippen LogP contribution in [0.15, 0.2) is 42.9 Å². The fourth-order valence-corrected chi connectivity index (χ4v) is 4.56. The molecule has 2 aliphatic rings. The Kier molecular flexibility index (Phi) is 7.62. The van der Waals surface area contributed by atoms with Crippen molar-refractivity contribution in [2.45, 2.75) is 56.8 Å². The lowest BCUT2D eigenvalue weighted by Crippen LogP contribution is -2.57. The van der Waals surface area contributed by atoms with Crippen LogP contribution < -0.4 is 11.1 Å². The van der Waals surface area contributed by atoms with Gasteiger partial charge in [0, 0.05) is 25.6 Å². The first-order chi connectivity index (χ1) is 17.3. The Labute approximate surface area is 207 Å². The lowest BCUT2D eigenvalue weighted by atomic mass is 10.1. The monoisotopic (exact) mass is 496 g/mol. The van der Waals surface area contributed by atoms with Gasteiger partial charge in [0.1, 0.15) is 24.7 Å². The van der Waals surface area contributed by atoms with Gasteiger partial charge in [-0.3, -0.25) is 19.2 Å². The van der Waals surface area contributed by atoms with E-state index in [2.05, 4.69) is 15.3 Å². The number of benzene rings is 1. The zero-order valence-electron chi connectivity index (χ0n) is 19.6. The molecular weight excluding hydrogens is 468 g/mol. The number of rotatable bonds is 8. The third kappa shape index (κ3) is 5.53. The first-order valence-corrected chi connectivity index (χ1v) is 11.8. The molecule has 190 valence electrons. The molecule has 2 aromatic rings. The van der Waals surface area contributed by atoms with Gasteiger partial charge in [-0.15, -0.1) is 0 Å². The molecule has 2 aliphatic heterocycles. The van der Waals surface area contributed by atoms with Crippen LogP contribution >= 0.6 is 0 Å². The first kappa shape index (κ1) is 24.9. The number of aromatic nitrogens is 2. The van der Waals surface area contributed by atoms with Crippen LogP contribution in [-0.2, 0) is 36.9 Å². The third-order valence-electron chi connectivity index (χ3n) is 6.36. The second-order valence-electron chi connectivity index (χ2n) is 8.78. The van der Waals surface area contributed by atoms with Crippen molar-refractivity contribution in [3.63, 3.8) is 0 Å². The summed E-state index contributed by atoms with van der Waals surface area (Å²) in [6.07, 6.45) is 3.31. The molecule has 2 fully saturated rings. The summed E-state index contributed by atoms with van der Waals surface area (Å²) < 4.78 is 5.27. The van der Waals surface area contributed by atoms with Crippen LogP contribution in [0.2, 0.25) is 0 Å². The van der Waals surface area contributed by atoms with Crippen molar-refractivity contribution in [2.24, 2.45) is 5.73 Å². The molecule has 0 saturated carbocycles. The Morgan fingerprint density at radius 2 is 1.94 bits per heavy atom. The Bertz CT molecular complexity index is 1120. The van der Waals surface area contributed by atoms with Crippen LogP contribution in [0, 0.1) is 0 Å². The maximum absolute atomic E-state index is 13.4. The van der Waals surface area contributed by atoms with Crippen molar-refractivity contribution < 1.29 is 28.7 Å². The molecule has 4 N–H and O–H groups in total. The summed E-state index contributed by atoms with van der Waals surface area (Å²) in [6.45, 7) is 0.279. The number of hydrogen-bond acceptors (Lipinski definition) is 7. The SMILES string of the molecule is NC(=O)[C@@H]1CCCN1C(=O)[C@H](Cc1c[nH]cn1)NC(=O)[C@@H]1CCC(=O)N1C(=O)OCc1ccccc1. The van der Waals surface area contributed by atoms with E-state index >= 15 is 0 Å². The molecule has 4 rings (SSSR count). The number of primary amides is 1. The number of hydrogen-bond donors (Lipinski definition) is 3. The van der Waals surface area contributed by atoms with Crippen molar-refractivity contribution >= 4 is 29.7 Å². The van der Waals surface area contributed by atoms with Gasteiger partial charge < -0.3 is 25.7 Å². The molecule has 1 aromatic carbocycles. The number of nitrogens with zero attached hydrogens (tertiary/aromatic N) is 3. The molecular formula is C24H28N6O6. The smallest absolute Gasteiger partial charge is 0.417 e. The predicted molar refractivity (Wildman–Crippen MR) is 125 cm³/mol. The van der Waals surface area contributed by atoms with E-state index in [9.17, 15) is 24.0 Å². The lowest BCUT2D eigenvalue weighted by molar-refractivity contribution is -0.141. The van der Waals surface area contributed by atoms with Gasteiger partial charge in [-0.2, -0.15) is 0 Å². The van der Waals surface area contributed by atoms with Crippen LogP contribution in [0.4, 0.5) is 4.79 Å². The number of nitrogens with two attached hydrogens (primary N) is 1. The van der Waals surface area contributed by atoms with E-state index in [1.54, 1.807) is 30.5 Å². The summed E-state index contributed by atoms with van der Waals surface area (Å²) in [6, 6.07) is 6.00. The number of H-pyrrole nitrogens is 1. The van der Waals surface area contributed by atoms with E-state index < -0.39 is 47.8 Å². The van der Waals surface area contributed by atoms with E-state index in [0.717, 1.165) is 10.5 Å². The maximum Gasteiger partial charge on any atom is 0.417 e. The van der Waals surface area contributed by atoms with Crippen molar-refractivity contribution in [1.82, 2.24) is 25.1 Å². The number of imide groups is 1. The molecule has 3 atom stereocenters. The average molecular weight is 497 g/mol. The summed E-state index contributed by atoms with van der Waals surface area (Å²) in [5, 5.41) is 2.67. The minimum absolute atomic E-state index is 0.00756. The molecule has 5 amide bonds. The van der Waals surface area contributed by atoms with Crippen LogP contribution in [-0.4, -0.2) is 74.2 Å². The highest BCUT2D eigenvalue weighted by atomic mass is 16.6. The first-order valence-electron chi connectivity index (χ1n) is 11.8. The quantitative estimate of drug-likeness (QED) is 0.470. The number of carbonyl (C=O) groups is 5. The second kappa shape index (κ2) is 11.0. The molecule has 2 saturated heterocycles. The molecule has 0 spiro atoms. The fraction of sp³-hybridized carbons (Fsp3) is 0.417. The molecule has 0 aliphatic carbocycles. The second-order valence-corrected chi connectivity index (χ2v) is 8.78. The minimum Gasteiger partial charge on any atom is -0.444 e. The predicted octanol–water partition coefficient (Wildman–Crippen LogP) is 0.241. The van der Waals surface area contributed by atoms with Crippen LogP contribution in [0.25, 0.3) is 0 Å². The van der Waals surface area contributed by atoms with E-state index in [-0.39, 0.29) is 25.9 Å². The topological polar surface area (TPSA) is 168 Å². The highest BCUT2D eigenvalue weighted by Gasteiger charge is 2.43. The molecule has 0 bridgehead atoms. The zero-order valence-corrected chi connectivity index (χ0v) is 19.6. The minimum atomic E-state index is -1.12. The van der Waals surface area contributed by atoms with Crippen LogP contribution in [0.3, 0.4) is 0 Å². The van der Waals surface area contributed by atoms with Crippen molar-refractivity contribution in [3.05, 3.63) is 54.1 Å². The van der Waals surface area contributed by atoms with Crippen LogP contribution in [0.5, 0.6) is 0 Å². The van der Waals surface area contributed by atoms with Crippen molar-refractivity contribution in [2.75, 3.05) is 6.54 Å². The molecule has 1 aromatic heterocycles. The van der Waals surface area contributed by atoms with Crippen molar-refractivity contribution in [1.29, 1.82) is 0 Å². The average Bonchev–Trinajstić information content (AvgIpc) is 3.63. The Balaban J connectivity index is 1.47. The van der Waals surface area contributed by atoms with Gasteiger partial charge in [0.05, 0.1) is 12.0 Å². The standard InChI is InChI=1S/C24H28N6O6/c25-21(32)18-7-4-10-29(18)23(34)17(11-16-12-26-14-27-16)28-22(33)19-8-9-20(31)30(19)24(35)36-13-15-5-2-1-3-6-15/h1-3,5-6,12,14,17-19H,4,7-11,13H2,(H2,25,32)(H,26,27)(H,28,33)/t17-,18-,19-/m0/s1. The Morgan fingerprint density at radius 1 is 1.17 bits per heavy atom. The normalized spacial score (nSPS) is 20.3. The molecule has 0 radical (unpaired) electrons. The number of aromatic amines is 1. The van der Waals surface area contributed by atoms with E-state index in [0.29, 0.717) is 25.1 Å². The number of likely N-dealkylation sites (tertiary alicyclic amines) is 2. The van der Waals surface area contributed by atoms with Gasteiger partial charge in [-0.1, -0.05) is 30.3 Å². The molecule has 3 heterocycles. The molecule has 36 heavy (non-hydrogen) atoms. The van der Waals surface area contributed by atoms with Gasteiger partial charge in [-0.25, -0.2) is 14.7 Å². The molecule has 0 unspecified atom stereocenters. The number of amides is 5. The number of nitrogens with one attached hydrogen (secondary N) is 2. The molecule has 12 heteroatoms. The van der Waals surface area contributed by atoms with Crippen molar-refractivity contribution in [3.8, 4) is 0 Å². The third-order valence-corrected chi connectivity index (χ3v) is 6.36. The Hall–Kier alpha value is -4.22. The van der Waals surface area contributed by atoms with E-state index in [1.165, 1.54) is 11.2 Å². The van der Waals surface area contributed by atoms with Gasteiger partial charge in [0.2, 0.25) is 23.6 Å². The number of carbonyl (C=O) groups excluding carboxylic acids is 5. The summed E-state index contributed by atoms with van der Waals surface area (Å²) >= 11 is 0. The highest BCUT2D eigenvalue weighted by molar-refractivity contribution is 6.01. The lowest BCUT2D eigenvalue weighted by Gasteiger charge is -2.29. The number of ether oxygens (including phenoxy) is 1. The van der Waals surface area contributed by atoms with Gasteiger partial charge in [0.15, 0.2) is 0 Å². The van der Waals surface area contributed by atoms with E-state index in [4.69, 9.17) is 10.5 Å². The zero-order chi connectivity index (χ0) is 25.7. The van der Waals surface area contributed by atoms with Crippen LogP contribution in [0.1, 0.15) is 36.9 Å². The number of imidazole rings is 1. The fourth-order valence-electron chi connectivity index (χ4n) is 4.56. The summed E-state index contributed by atoms with van der Waals surface area (Å²) in [5.74, 6) is -2.28. The molecule has 12 nitrogen and oxygen atoms in total. The largest absolute Gasteiger partial charge is 0.444 e. The van der Waals surface area contributed by atoms with Gasteiger partial charge in [-0.05, 0) is 24.8 Å². The summed E-state index contributed by atoms with van der Waals surface area (Å²) in [7, 11) is 0. The highest BCUT2D eigenvalue weighted by Crippen LogP contribution is 2.22. The summed E-state index contributed by atoms with van der Waals surface area (Å²) in [5.41, 5.74) is 6.72. The summed E-state index contributed by atoms with van der Waals surface area (Å²) in [4.78, 5) is 72.7. The maximum atomic E-state index is 13.4. The van der Waals surface area contributed by atoms with Gasteiger partial charge in [0.25, 0.3) is 0 Å². The van der Waals surface area contributed by atoms with E-state index in [1.807, 2.05) is 6.07 Å².